The Morgan fingerprint density at radius 2 is 2.04 bits per heavy atom. The van der Waals surface area contributed by atoms with E-state index in [4.69, 9.17) is 17.3 Å². The highest BCUT2D eigenvalue weighted by Crippen LogP contribution is 2.32. The summed E-state index contributed by atoms with van der Waals surface area (Å²) in [5, 5.41) is 15.9. The number of rotatable bonds is 4. The highest BCUT2D eigenvalue weighted by molar-refractivity contribution is 7.80. The Hall–Kier alpha value is -2.12. The van der Waals surface area contributed by atoms with Crippen LogP contribution < -0.4 is 15.5 Å². The van der Waals surface area contributed by atoms with Gasteiger partial charge in [0, 0.05) is 32.0 Å². The molecule has 23 heavy (non-hydrogen) atoms. The number of nitrogens with one attached hydrogen (secondary N) is 2. The highest BCUT2D eigenvalue weighted by Gasteiger charge is 2.39. The van der Waals surface area contributed by atoms with Crippen molar-refractivity contribution in [3.8, 4) is 0 Å². The number of hydrogen-bond acceptors (Lipinski definition) is 4. The van der Waals surface area contributed by atoms with Crippen LogP contribution in [0, 0.1) is 0 Å². The summed E-state index contributed by atoms with van der Waals surface area (Å²) in [6, 6.07) is 7.80. The van der Waals surface area contributed by atoms with Gasteiger partial charge in [-0.1, -0.05) is 12.1 Å². The summed E-state index contributed by atoms with van der Waals surface area (Å²) in [7, 11) is 3.97. The smallest absolute Gasteiger partial charge is 0.254 e. The number of nitrogens with zero attached hydrogens (tertiary/aromatic N) is 2. The first-order valence-corrected chi connectivity index (χ1v) is 7.90. The maximum Gasteiger partial charge on any atom is 0.254 e. The fourth-order valence-electron chi connectivity index (χ4n) is 2.94. The van der Waals surface area contributed by atoms with Gasteiger partial charge in [-0.25, -0.2) is 0 Å². The van der Waals surface area contributed by atoms with E-state index in [1.165, 1.54) is 0 Å². The average Bonchev–Trinajstić information content (AvgIpc) is 2.83. The van der Waals surface area contributed by atoms with E-state index in [0.29, 0.717) is 23.8 Å². The van der Waals surface area contributed by atoms with Gasteiger partial charge < -0.3 is 25.5 Å². The Bertz CT molecular complexity index is 669. The number of amides is 1. The SMILES string of the molecule is CN(C)c1ccc(C2NC(=S)NC3=C2C(=O)N(CCO)C3)cc1. The van der Waals surface area contributed by atoms with Crippen LogP contribution in [0.4, 0.5) is 5.69 Å². The van der Waals surface area contributed by atoms with Gasteiger partial charge in [0.1, 0.15) is 0 Å². The second-order valence-electron chi connectivity index (χ2n) is 5.86. The van der Waals surface area contributed by atoms with Gasteiger partial charge in [0.2, 0.25) is 0 Å². The van der Waals surface area contributed by atoms with Crippen molar-refractivity contribution >= 4 is 28.9 Å². The monoisotopic (exact) mass is 332 g/mol. The van der Waals surface area contributed by atoms with Gasteiger partial charge in [-0.3, -0.25) is 4.79 Å². The van der Waals surface area contributed by atoms with Crippen molar-refractivity contribution in [3.63, 3.8) is 0 Å². The Labute approximate surface area is 140 Å². The quantitative estimate of drug-likeness (QED) is 0.692. The summed E-state index contributed by atoms with van der Waals surface area (Å²) in [6.07, 6.45) is 0. The lowest BCUT2D eigenvalue weighted by atomic mass is 9.96. The minimum atomic E-state index is -0.258. The van der Waals surface area contributed by atoms with Gasteiger partial charge in [0.25, 0.3) is 5.91 Å². The van der Waals surface area contributed by atoms with E-state index in [9.17, 15) is 4.79 Å². The molecule has 3 N–H and O–H groups in total. The fourth-order valence-corrected chi connectivity index (χ4v) is 3.19. The van der Waals surface area contributed by atoms with Crippen molar-refractivity contribution in [2.45, 2.75) is 6.04 Å². The predicted molar refractivity (Wildman–Crippen MR) is 93.1 cm³/mol. The van der Waals surface area contributed by atoms with Crippen LogP contribution in [0.25, 0.3) is 0 Å². The molecule has 2 aliphatic rings. The molecule has 0 fully saturated rings. The van der Waals surface area contributed by atoms with E-state index in [1.54, 1.807) is 4.90 Å². The predicted octanol–water partition coefficient (Wildman–Crippen LogP) is 0.360. The molecule has 2 aliphatic heterocycles. The number of carbonyl (C=O) groups excluding carboxylic acids is 1. The summed E-state index contributed by atoms with van der Waals surface area (Å²) < 4.78 is 0. The van der Waals surface area contributed by atoms with Gasteiger partial charge in [0.05, 0.1) is 24.8 Å². The van der Waals surface area contributed by atoms with Gasteiger partial charge in [-0.2, -0.15) is 0 Å². The molecule has 3 rings (SSSR count). The Balaban J connectivity index is 1.93. The maximum atomic E-state index is 12.6. The van der Waals surface area contributed by atoms with Crippen molar-refractivity contribution in [3.05, 3.63) is 41.1 Å². The second-order valence-corrected chi connectivity index (χ2v) is 6.27. The summed E-state index contributed by atoms with van der Waals surface area (Å²) in [6.45, 7) is 0.738. The lowest BCUT2D eigenvalue weighted by Crippen LogP contribution is -2.44. The van der Waals surface area contributed by atoms with E-state index in [-0.39, 0.29) is 18.6 Å². The lowest BCUT2D eigenvalue weighted by molar-refractivity contribution is -0.126. The van der Waals surface area contributed by atoms with Gasteiger partial charge in [-0.05, 0) is 29.9 Å². The zero-order valence-corrected chi connectivity index (χ0v) is 14.0. The molecule has 7 heteroatoms. The summed E-state index contributed by atoms with van der Waals surface area (Å²) >= 11 is 5.27. The minimum absolute atomic E-state index is 0.0492. The number of benzene rings is 1. The van der Waals surface area contributed by atoms with Crippen LogP contribution in [-0.4, -0.2) is 54.8 Å². The summed E-state index contributed by atoms with van der Waals surface area (Å²) in [5.41, 5.74) is 3.60. The van der Waals surface area contributed by atoms with E-state index >= 15 is 0 Å². The minimum Gasteiger partial charge on any atom is -0.395 e. The molecular formula is C16H20N4O2S. The molecule has 6 nitrogen and oxygen atoms in total. The molecule has 0 bridgehead atoms. The number of aliphatic hydroxyl groups excluding tert-OH is 1. The third kappa shape index (κ3) is 2.89. The number of β-amino-alcohol motifs (C(OH)–C–C–N with tert-alkyl or cyclic N) is 1. The normalized spacial score (nSPS) is 20.3. The number of hydrogen-bond donors (Lipinski definition) is 3. The highest BCUT2D eigenvalue weighted by atomic mass is 32.1. The third-order valence-corrected chi connectivity index (χ3v) is 4.35. The Morgan fingerprint density at radius 1 is 1.35 bits per heavy atom. The number of aliphatic hydroxyl groups is 1. The van der Waals surface area contributed by atoms with Crippen LogP contribution in [0.15, 0.2) is 35.5 Å². The van der Waals surface area contributed by atoms with E-state index in [1.807, 2.05) is 43.3 Å². The summed E-state index contributed by atoms with van der Waals surface area (Å²) in [4.78, 5) is 16.3. The number of anilines is 1. The molecule has 1 amide bonds. The fraction of sp³-hybridized carbons (Fsp3) is 0.375. The average molecular weight is 332 g/mol. The largest absolute Gasteiger partial charge is 0.395 e. The third-order valence-electron chi connectivity index (χ3n) is 4.13. The van der Waals surface area contributed by atoms with Crippen molar-refractivity contribution in [1.29, 1.82) is 0 Å². The van der Waals surface area contributed by atoms with Crippen molar-refractivity contribution in [1.82, 2.24) is 15.5 Å². The first-order chi connectivity index (χ1) is 11.0. The van der Waals surface area contributed by atoms with Crippen LogP contribution >= 0.6 is 12.2 Å². The van der Waals surface area contributed by atoms with Crippen LogP contribution in [0.1, 0.15) is 11.6 Å². The van der Waals surface area contributed by atoms with E-state index in [0.717, 1.165) is 16.9 Å². The molecule has 1 atom stereocenters. The molecule has 0 aromatic heterocycles. The summed E-state index contributed by atoms with van der Waals surface area (Å²) in [5.74, 6) is -0.0572. The molecule has 0 saturated heterocycles. The van der Waals surface area contributed by atoms with E-state index in [2.05, 4.69) is 10.6 Å². The zero-order chi connectivity index (χ0) is 16.6. The van der Waals surface area contributed by atoms with Gasteiger partial charge >= 0.3 is 0 Å². The topological polar surface area (TPSA) is 67.8 Å². The van der Waals surface area contributed by atoms with Crippen molar-refractivity contribution in [2.24, 2.45) is 0 Å². The van der Waals surface area contributed by atoms with Crippen molar-refractivity contribution in [2.75, 3.05) is 38.7 Å². The van der Waals surface area contributed by atoms with Gasteiger partial charge in [-0.15, -0.1) is 0 Å². The van der Waals surface area contributed by atoms with E-state index < -0.39 is 0 Å². The number of carbonyl (C=O) groups is 1. The molecular weight excluding hydrogens is 312 g/mol. The molecule has 0 radical (unpaired) electrons. The van der Waals surface area contributed by atoms with Crippen LogP contribution in [0.3, 0.4) is 0 Å². The maximum absolute atomic E-state index is 12.6. The van der Waals surface area contributed by atoms with Crippen LogP contribution in [0.2, 0.25) is 0 Å². The molecule has 1 aromatic carbocycles. The molecule has 1 unspecified atom stereocenters. The first kappa shape index (κ1) is 15.8. The Morgan fingerprint density at radius 3 is 2.65 bits per heavy atom. The molecule has 0 spiro atoms. The van der Waals surface area contributed by atoms with Crippen molar-refractivity contribution < 1.29 is 9.90 Å². The van der Waals surface area contributed by atoms with Crippen LogP contribution in [0.5, 0.6) is 0 Å². The van der Waals surface area contributed by atoms with Gasteiger partial charge in [0.15, 0.2) is 5.11 Å². The standard InChI is InChI=1S/C16H20N4O2S/c1-19(2)11-5-3-10(4-6-11)14-13-12(17-16(23)18-14)9-20(7-8-21)15(13)22/h3-6,14,21H,7-9H2,1-2H3,(H2,17,18,23). The Kier molecular flexibility index (Phi) is 4.23. The number of thiocarbonyl (C=S) groups is 1. The lowest BCUT2D eigenvalue weighted by Gasteiger charge is -2.27. The molecule has 0 saturated carbocycles. The van der Waals surface area contributed by atoms with Crippen LogP contribution in [-0.2, 0) is 4.79 Å². The molecule has 0 aliphatic carbocycles. The molecule has 1 aromatic rings. The second kappa shape index (κ2) is 6.17. The molecule has 122 valence electrons. The first-order valence-electron chi connectivity index (χ1n) is 7.49. The zero-order valence-electron chi connectivity index (χ0n) is 13.2. The molecule has 2 heterocycles.